The molecule has 3 saturated carbocycles. The Hall–Kier alpha value is -0.770. The van der Waals surface area contributed by atoms with E-state index in [1.807, 2.05) is 20.8 Å². The summed E-state index contributed by atoms with van der Waals surface area (Å²) in [5.74, 6) is 2.00. The van der Waals surface area contributed by atoms with Crippen molar-refractivity contribution in [3.05, 3.63) is 0 Å². The fourth-order valence-corrected chi connectivity index (χ4v) is 3.68. The molecule has 21 heavy (non-hydrogen) atoms. The van der Waals surface area contributed by atoms with E-state index in [1.165, 1.54) is 38.5 Å². The lowest BCUT2D eigenvalue weighted by Gasteiger charge is -2.30. The molecule has 3 aliphatic rings. The summed E-state index contributed by atoms with van der Waals surface area (Å²) in [6.07, 6.45) is 9.15. The average molecular weight is 294 g/mol. The standard InChI is InChI=1S/C17H30N2O2/c1-17(2,3)21-16(20)19-15-10-14(15)18-13-6-4-5-12(9-13)11-7-8-11/h11-15,18H,4-10H2,1-3H3,(H,19,20). The van der Waals surface area contributed by atoms with Crippen LogP contribution in [0.25, 0.3) is 0 Å². The van der Waals surface area contributed by atoms with Crippen LogP contribution in [-0.4, -0.2) is 29.8 Å². The minimum absolute atomic E-state index is 0.265. The maximum atomic E-state index is 11.7. The van der Waals surface area contributed by atoms with E-state index in [1.54, 1.807) is 0 Å². The Morgan fingerprint density at radius 3 is 2.43 bits per heavy atom. The van der Waals surface area contributed by atoms with Crippen LogP contribution in [0.15, 0.2) is 0 Å². The number of hydrogen-bond donors (Lipinski definition) is 2. The zero-order valence-corrected chi connectivity index (χ0v) is 13.7. The molecule has 3 rings (SSSR count). The highest BCUT2D eigenvalue weighted by molar-refractivity contribution is 5.68. The summed E-state index contributed by atoms with van der Waals surface area (Å²) in [7, 11) is 0. The Bertz CT molecular complexity index is 387. The molecule has 0 aromatic carbocycles. The highest BCUT2D eigenvalue weighted by Gasteiger charge is 2.42. The number of carbonyl (C=O) groups excluding carboxylic acids is 1. The molecule has 4 atom stereocenters. The van der Waals surface area contributed by atoms with E-state index in [-0.39, 0.29) is 12.1 Å². The van der Waals surface area contributed by atoms with Crippen molar-refractivity contribution in [1.29, 1.82) is 0 Å². The fraction of sp³-hybridized carbons (Fsp3) is 0.941. The second-order valence-electron chi connectivity index (χ2n) is 8.22. The van der Waals surface area contributed by atoms with Gasteiger partial charge in [-0.15, -0.1) is 0 Å². The molecule has 3 aliphatic carbocycles. The molecule has 4 heteroatoms. The van der Waals surface area contributed by atoms with E-state index in [0.29, 0.717) is 12.1 Å². The smallest absolute Gasteiger partial charge is 0.407 e. The summed E-state index contributed by atoms with van der Waals surface area (Å²) in [6, 6.07) is 1.39. The lowest BCUT2D eigenvalue weighted by Crippen LogP contribution is -2.41. The zero-order valence-electron chi connectivity index (χ0n) is 13.7. The van der Waals surface area contributed by atoms with Gasteiger partial charge in [-0.1, -0.05) is 12.8 Å². The van der Waals surface area contributed by atoms with E-state index in [2.05, 4.69) is 10.6 Å². The topological polar surface area (TPSA) is 50.4 Å². The molecule has 0 spiro atoms. The third-order valence-corrected chi connectivity index (χ3v) is 4.95. The van der Waals surface area contributed by atoms with Crippen LogP contribution >= 0.6 is 0 Å². The molecule has 0 radical (unpaired) electrons. The van der Waals surface area contributed by atoms with Gasteiger partial charge in [-0.2, -0.15) is 0 Å². The Labute approximate surface area is 128 Å². The van der Waals surface area contributed by atoms with Crippen LogP contribution in [0, 0.1) is 11.8 Å². The maximum absolute atomic E-state index is 11.7. The molecule has 0 aromatic rings. The van der Waals surface area contributed by atoms with Gasteiger partial charge in [-0.25, -0.2) is 4.79 Å². The van der Waals surface area contributed by atoms with E-state index in [9.17, 15) is 4.79 Å². The molecular formula is C17H30N2O2. The van der Waals surface area contributed by atoms with Gasteiger partial charge < -0.3 is 15.4 Å². The van der Waals surface area contributed by atoms with E-state index >= 15 is 0 Å². The molecular weight excluding hydrogens is 264 g/mol. The summed E-state index contributed by atoms with van der Waals surface area (Å²) in [4.78, 5) is 11.7. The molecule has 4 unspecified atom stereocenters. The Kier molecular flexibility index (Phi) is 4.17. The molecule has 1 amide bonds. The molecule has 2 N–H and O–H groups in total. The molecule has 0 bridgehead atoms. The van der Waals surface area contributed by atoms with Crippen LogP contribution in [0.3, 0.4) is 0 Å². The Morgan fingerprint density at radius 2 is 1.76 bits per heavy atom. The first-order valence-electron chi connectivity index (χ1n) is 8.66. The number of rotatable bonds is 4. The highest BCUT2D eigenvalue weighted by atomic mass is 16.6. The molecule has 4 nitrogen and oxygen atoms in total. The number of hydrogen-bond acceptors (Lipinski definition) is 3. The van der Waals surface area contributed by atoms with E-state index in [0.717, 1.165) is 18.3 Å². The lowest BCUT2D eigenvalue weighted by molar-refractivity contribution is 0.0521. The van der Waals surface area contributed by atoms with Crippen LogP contribution < -0.4 is 10.6 Å². The summed E-state index contributed by atoms with van der Waals surface area (Å²) >= 11 is 0. The SMILES string of the molecule is CC(C)(C)OC(=O)NC1CC1NC1CCCC(C2CC2)C1. The van der Waals surface area contributed by atoms with Crippen molar-refractivity contribution < 1.29 is 9.53 Å². The first kappa shape index (κ1) is 15.1. The fourth-order valence-electron chi connectivity index (χ4n) is 3.68. The van der Waals surface area contributed by atoms with Gasteiger partial charge in [-0.3, -0.25) is 0 Å². The third-order valence-electron chi connectivity index (χ3n) is 4.95. The predicted molar refractivity (Wildman–Crippen MR) is 83.2 cm³/mol. The second-order valence-corrected chi connectivity index (χ2v) is 8.22. The van der Waals surface area contributed by atoms with Crippen molar-refractivity contribution >= 4 is 6.09 Å². The lowest BCUT2D eigenvalue weighted by atomic mass is 9.82. The van der Waals surface area contributed by atoms with Crippen molar-refractivity contribution in [2.75, 3.05) is 0 Å². The molecule has 0 aromatic heterocycles. The molecule has 3 fully saturated rings. The zero-order chi connectivity index (χ0) is 15.0. The van der Waals surface area contributed by atoms with Gasteiger partial charge >= 0.3 is 6.09 Å². The van der Waals surface area contributed by atoms with Gasteiger partial charge in [0.05, 0.1) is 0 Å². The summed E-state index contributed by atoms with van der Waals surface area (Å²) in [6.45, 7) is 5.69. The van der Waals surface area contributed by atoms with Gasteiger partial charge in [0.2, 0.25) is 0 Å². The highest BCUT2D eigenvalue weighted by Crippen LogP contribution is 2.44. The van der Waals surface area contributed by atoms with Crippen LogP contribution in [0.4, 0.5) is 4.79 Å². The van der Waals surface area contributed by atoms with Crippen LogP contribution in [0.5, 0.6) is 0 Å². The van der Waals surface area contributed by atoms with Gasteiger partial charge in [-0.05, 0) is 64.7 Å². The van der Waals surface area contributed by atoms with Gasteiger partial charge in [0.1, 0.15) is 5.60 Å². The largest absolute Gasteiger partial charge is 0.444 e. The summed E-state index contributed by atoms with van der Waals surface area (Å²) < 4.78 is 5.31. The Morgan fingerprint density at radius 1 is 1.00 bits per heavy atom. The van der Waals surface area contributed by atoms with Gasteiger partial charge in [0, 0.05) is 18.1 Å². The van der Waals surface area contributed by atoms with Gasteiger partial charge in [0.25, 0.3) is 0 Å². The van der Waals surface area contributed by atoms with Crippen LogP contribution in [0.2, 0.25) is 0 Å². The normalized spacial score (nSPS) is 36.1. The van der Waals surface area contributed by atoms with Crippen molar-refractivity contribution in [1.82, 2.24) is 10.6 Å². The Balaban J connectivity index is 1.36. The molecule has 0 saturated heterocycles. The number of ether oxygens (including phenoxy) is 1. The van der Waals surface area contributed by atoms with E-state index in [4.69, 9.17) is 4.74 Å². The number of carbonyl (C=O) groups is 1. The maximum Gasteiger partial charge on any atom is 0.407 e. The number of amides is 1. The third kappa shape index (κ3) is 4.60. The average Bonchev–Trinajstić information content (AvgIpc) is 3.23. The van der Waals surface area contributed by atoms with Gasteiger partial charge in [0.15, 0.2) is 0 Å². The second kappa shape index (κ2) is 5.79. The monoisotopic (exact) mass is 294 g/mol. The first-order valence-corrected chi connectivity index (χ1v) is 8.66. The van der Waals surface area contributed by atoms with Crippen molar-refractivity contribution in [2.45, 2.75) is 89.4 Å². The summed E-state index contributed by atoms with van der Waals surface area (Å²) in [5, 5.41) is 6.73. The number of nitrogens with one attached hydrogen (secondary N) is 2. The van der Waals surface area contributed by atoms with Crippen LogP contribution in [0.1, 0.15) is 65.7 Å². The van der Waals surface area contributed by atoms with Crippen molar-refractivity contribution in [3.8, 4) is 0 Å². The quantitative estimate of drug-likeness (QED) is 0.837. The van der Waals surface area contributed by atoms with Crippen LogP contribution in [-0.2, 0) is 4.74 Å². The summed E-state index contributed by atoms with van der Waals surface area (Å²) in [5.41, 5.74) is -0.414. The molecule has 0 aliphatic heterocycles. The minimum Gasteiger partial charge on any atom is -0.444 e. The molecule has 0 heterocycles. The number of alkyl carbamates (subject to hydrolysis) is 1. The van der Waals surface area contributed by atoms with Crippen molar-refractivity contribution in [3.63, 3.8) is 0 Å². The van der Waals surface area contributed by atoms with E-state index < -0.39 is 5.60 Å². The first-order chi connectivity index (χ1) is 9.90. The minimum atomic E-state index is -0.414. The predicted octanol–water partition coefficient (Wildman–Crippen LogP) is 3.21. The van der Waals surface area contributed by atoms with Crippen molar-refractivity contribution in [2.24, 2.45) is 11.8 Å². The molecule has 120 valence electrons.